The van der Waals surface area contributed by atoms with Crippen LogP contribution in [-0.2, 0) is 13.4 Å². The van der Waals surface area contributed by atoms with Gasteiger partial charge in [-0.15, -0.1) is 0 Å². The quantitative estimate of drug-likeness (QED) is 0.237. The van der Waals surface area contributed by atoms with Crippen LogP contribution in [0.5, 0.6) is 11.5 Å². The van der Waals surface area contributed by atoms with Gasteiger partial charge in [0.25, 0.3) is 5.91 Å². The van der Waals surface area contributed by atoms with Gasteiger partial charge in [-0.1, -0.05) is 24.2 Å². The number of carbonyl (C=O) groups excluding carboxylic acids is 1. The first-order chi connectivity index (χ1) is 15.9. The average Bonchev–Trinajstić information content (AvgIpc) is 3.31. The summed E-state index contributed by atoms with van der Waals surface area (Å²) in [7, 11) is -10.7. The SMILES string of the molecule is CCNC(=O)c1noc(-c2cc(C(C)C)c3cc2OP(=O)([O-])OP(=O)([O-])O3)c1-c1noc(C)n1.[Na+].[Na+]. The molecule has 18 heteroatoms. The van der Waals surface area contributed by atoms with Crippen molar-refractivity contribution >= 4 is 21.6 Å². The normalized spacial score (nSPS) is 20.8. The molecular weight excluding hydrogens is 540 g/mol. The van der Waals surface area contributed by atoms with E-state index in [9.17, 15) is 23.7 Å². The van der Waals surface area contributed by atoms with Gasteiger partial charge in [-0.25, -0.2) is 4.31 Å². The topological polar surface area (TPSA) is 202 Å². The fraction of sp³-hybridized carbons (Fsp3) is 0.333. The number of phosphoric ester groups is 2. The summed E-state index contributed by atoms with van der Waals surface area (Å²) in [6, 6.07) is 2.47. The van der Waals surface area contributed by atoms with Gasteiger partial charge in [0.2, 0.25) is 11.7 Å². The Labute approximate surface area is 249 Å². The monoisotopic (exact) mass is 558 g/mol. The van der Waals surface area contributed by atoms with Crippen molar-refractivity contribution in [1.82, 2.24) is 20.6 Å². The Morgan fingerprint density at radius 3 is 2.25 bits per heavy atom. The van der Waals surface area contributed by atoms with Gasteiger partial charge in [-0.3, -0.25) is 13.9 Å². The van der Waals surface area contributed by atoms with Crippen molar-refractivity contribution in [1.29, 1.82) is 0 Å². The van der Waals surface area contributed by atoms with E-state index in [4.69, 9.17) is 18.1 Å². The predicted octanol–water partition coefficient (Wildman–Crippen LogP) is -3.69. The Morgan fingerprint density at radius 2 is 1.69 bits per heavy atom. The van der Waals surface area contributed by atoms with Crippen LogP contribution in [-0.4, -0.2) is 27.7 Å². The van der Waals surface area contributed by atoms with Crippen LogP contribution in [0.3, 0.4) is 0 Å². The molecule has 4 rings (SSSR count). The molecule has 2 unspecified atom stereocenters. The summed E-state index contributed by atoms with van der Waals surface area (Å²) in [6.07, 6.45) is 0. The van der Waals surface area contributed by atoms with Crippen molar-refractivity contribution in [3.63, 3.8) is 0 Å². The minimum atomic E-state index is -5.43. The van der Waals surface area contributed by atoms with Crippen LogP contribution in [0.1, 0.15) is 48.6 Å². The van der Waals surface area contributed by atoms with E-state index in [1.165, 1.54) is 13.0 Å². The second-order valence-electron chi connectivity index (χ2n) is 7.43. The van der Waals surface area contributed by atoms with Crippen molar-refractivity contribution < 1.29 is 105 Å². The van der Waals surface area contributed by atoms with Crippen molar-refractivity contribution in [3.05, 3.63) is 29.3 Å². The van der Waals surface area contributed by atoms with Gasteiger partial charge in [0.15, 0.2) is 11.5 Å². The molecule has 14 nitrogen and oxygen atoms in total. The molecule has 0 saturated heterocycles. The summed E-state index contributed by atoms with van der Waals surface area (Å²) < 4.78 is 48.5. The van der Waals surface area contributed by atoms with Crippen LogP contribution in [0, 0.1) is 6.92 Å². The molecule has 3 heterocycles. The number of phosphoric acid groups is 2. The second-order valence-corrected chi connectivity index (χ2v) is 10.2. The summed E-state index contributed by atoms with van der Waals surface area (Å²) in [4.78, 5) is 40.9. The molecule has 1 N–H and O–H groups in total. The first-order valence-corrected chi connectivity index (χ1v) is 12.8. The molecule has 182 valence electrons. The van der Waals surface area contributed by atoms with Crippen molar-refractivity contribution in [2.75, 3.05) is 6.54 Å². The first kappa shape index (κ1) is 31.2. The van der Waals surface area contributed by atoms with Gasteiger partial charge in [0, 0.05) is 19.5 Å². The van der Waals surface area contributed by atoms with E-state index in [0.29, 0.717) is 5.56 Å². The second kappa shape index (κ2) is 11.8. The molecule has 3 aromatic rings. The van der Waals surface area contributed by atoms with Gasteiger partial charge >= 0.3 is 74.8 Å². The van der Waals surface area contributed by atoms with Crippen LogP contribution in [0.25, 0.3) is 22.7 Å². The molecule has 0 fully saturated rings. The number of fused-ring (bicyclic) bond motifs is 2. The Bertz CT molecular complexity index is 1380. The standard InChI is InChI=1S/C18H20N4O10P2.2Na/c1-5-19-18(23)15-14(17-20-9(4)28-22-17)16(29-21-15)11-6-10(8(2)3)12-7-13(11)31-34(26,27)32-33(24,25)30-12;;/h6-8H,5H2,1-4H3,(H,19,23)(H,24,25)(H,26,27);;/q;2*+1/p-2. The van der Waals surface area contributed by atoms with Crippen LogP contribution < -0.4 is 83.3 Å². The summed E-state index contributed by atoms with van der Waals surface area (Å²) >= 11 is 0. The maximum atomic E-state index is 12.6. The Kier molecular flexibility index (Phi) is 10.2. The molecular formula is C18H18N4Na2O10P2. The van der Waals surface area contributed by atoms with Crippen LogP contribution in [0.2, 0.25) is 0 Å². The third-order valence-corrected chi connectivity index (χ3v) is 7.04. The molecule has 0 aliphatic carbocycles. The Balaban J connectivity index is 0.00000228. The van der Waals surface area contributed by atoms with E-state index in [1.807, 2.05) is 0 Å². The summed E-state index contributed by atoms with van der Waals surface area (Å²) in [5.41, 5.74) is 0.159. The number of aromatic nitrogens is 3. The van der Waals surface area contributed by atoms with Gasteiger partial charge in [-0.2, -0.15) is 4.98 Å². The van der Waals surface area contributed by atoms with E-state index in [0.717, 1.165) is 6.07 Å². The number of nitrogens with one attached hydrogen (secondary N) is 1. The zero-order chi connectivity index (χ0) is 24.8. The van der Waals surface area contributed by atoms with Crippen molar-refractivity contribution in [3.8, 4) is 34.2 Å². The summed E-state index contributed by atoms with van der Waals surface area (Å²) in [6.45, 7) is 7.02. The Morgan fingerprint density at radius 1 is 1.06 bits per heavy atom. The number of aryl methyl sites for hydroxylation is 1. The molecule has 1 amide bonds. The number of hydrogen-bond donors (Lipinski definition) is 1. The van der Waals surface area contributed by atoms with Gasteiger partial charge in [0.05, 0.1) is 5.56 Å². The maximum absolute atomic E-state index is 12.6. The summed E-state index contributed by atoms with van der Waals surface area (Å²) in [5, 5.41) is 10.2. The van der Waals surface area contributed by atoms with Crippen LogP contribution in [0.4, 0.5) is 0 Å². The molecule has 0 radical (unpaired) electrons. The largest absolute Gasteiger partial charge is 1.00 e. The third kappa shape index (κ3) is 6.51. The summed E-state index contributed by atoms with van der Waals surface area (Å²) in [5.74, 6) is -1.49. The minimum absolute atomic E-state index is 0. The fourth-order valence-corrected chi connectivity index (χ4v) is 5.28. The average molecular weight is 558 g/mol. The van der Waals surface area contributed by atoms with Gasteiger partial charge in [0.1, 0.15) is 17.1 Å². The van der Waals surface area contributed by atoms with E-state index < -0.39 is 27.3 Å². The number of rotatable bonds is 5. The minimum Gasteiger partial charge on any atom is -0.746 e. The molecule has 2 bridgehead atoms. The Hall–Kier alpha value is -1.02. The molecule has 0 spiro atoms. The zero-order valence-electron chi connectivity index (χ0n) is 20.3. The van der Waals surface area contributed by atoms with Crippen molar-refractivity contribution in [2.24, 2.45) is 0 Å². The van der Waals surface area contributed by atoms with Gasteiger partial charge < -0.3 is 33.2 Å². The maximum Gasteiger partial charge on any atom is 1.00 e. The number of nitrogens with zero attached hydrogens (tertiary/aromatic N) is 3. The van der Waals surface area contributed by atoms with Gasteiger partial charge in [-0.05, 0) is 24.5 Å². The van der Waals surface area contributed by atoms with E-state index >= 15 is 0 Å². The van der Waals surface area contributed by atoms with E-state index in [2.05, 4.69) is 24.9 Å². The molecule has 1 aliphatic rings. The number of benzene rings is 1. The van der Waals surface area contributed by atoms with E-state index in [1.54, 1.807) is 20.8 Å². The molecule has 0 saturated carbocycles. The molecule has 36 heavy (non-hydrogen) atoms. The number of amides is 1. The fourth-order valence-electron chi connectivity index (χ4n) is 3.24. The van der Waals surface area contributed by atoms with E-state index in [-0.39, 0.29) is 112 Å². The molecule has 1 aliphatic heterocycles. The predicted molar refractivity (Wildman–Crippen MR) is 110 cm³/mol. The number of carbonyl (C=O) groups is 1. The molecule has 2 atom stereocenters. The third-order valence-electron chi connectivity index (χ3n) is 4.59. The van der Waals surface area contributed by atoms with Crippen LogP contribution in [0.15, 0.2) is 21.2 Å². The van der Waals surface area contributed by atoms with Crippen LogP contribution >= 0.6 is 15.6 Å². The zero-order valence-corrected chi connectivity index (χ0v) is 26.0. The molecule has 2 aromatic heterocycles. The smallest absolute Gasteiger partial charge is 0.746 e. The van der Waals surface area contributed by atoms with Crippen molar-refractivity contribution in [2.45, 2.75) is 33.6 Å². The number of hydrogen-bond acceptors (Lipinski definition) is 13. The molecule has 1 aromatic carbocycles. The first-order valence-electron chi connectivity index (χ1n) is 9.90.